The summed E-state index contributed by atoms with van der Waals surface area (Å²) < 4.78 is 1.09. The second-order valence-corrected chi connectivity index (χ2v) is 6.57. The highest BCUT2D eigenvalue weighted by Gasteiger charge is 2.10. The number of carbonyl (C=O) groups is 2. The number of carbonyl (C=O) groups excluding carboxylic acids is 1. The molecule has 0 atom stereocenters. The number of rotatable bonds is 7. The van der Waals surface area contributed by atoms with Crippen LogP contribution in [0.1, 0.15) is 24.1 Å². The quantitative estimate of drug-likeness (QED) is 0.834. The maximum absolute atomic E-state index is 11.7. The molecule has 0 spiro atoms. The smallest absolute Gasteiger partial charge is 0.303 e. The molecular weight excluding hydrogens is 318 g/mol. The molecule has 0 aliphatic rings. The van der Waals surface area contributed by atoms with Crippen molar-refractivity contribution in [1.29, 1.82) is 0 Å². The first-order chi connectivity index (χ1) is 8.49. The van der Waals surface area contributed by atoms with Crippen LogP contribution in [0.15, 0.2) is 15.9 Å². The first kappa shape index (κ1) is 15.2. The number of carboxylic acid groups (broad SMARTS) is 1. The van der Waals surface area contributed by atoms with E-state index in [1.54, 1.807) is 23.3 Å². The fourth-order valence-electron chi connectivity index (χ4n) is 1.47. The summed E-state index contributed by atoms with van der Waals surface area (Å²) in [5, 5.41) is 8.49. The number of aliphatic carboxylic acids is 1. The summed E-state index contributed by atoms with van der Waals surface area (Å²) in [6, 6.07) is 4.03. The zero-order chi connectivity index (χ0) is 13.5. The Morgan fingerprint density at radius 1 is 1.39 bits per heavy atom. The summed E-state index contributed by atoms with van der Waals surface area (Å²) in [5.74, 6) is -0.847. The molecule has 18 heavy (non-hydrogen) atoms. The molecule has 6 heteroatoms. The SMILES string of the molecule is CN(CCc1ccc(Br)s1)C(=O)CCCC(=O)O. The molecule has 0 aliphatic carbocycles. The first-order valence-corrected chi connectivity index (χ1v) is 7.30. The van der Waals surface area contributed by atoms with E-state index < -0.39 is 5.97 Å². The molecule has 0 aliphatic heterocycles. The van der Waals surface area contributed by atoms with Gasteiger partial charge in [0.2, 0.25) is 5.91 Å². The van der Waals surface area contributed by atoms with E-state index in [0.29, 0.717) is 19.4 Å². The van der Waals surface area contributed by atoms with Crippen molar-refractivity contribution >= 4 is 39.1 Å². The fourth-order valence-corrected chi connectivity index (χ4v) is 2.94. The second-order valence-electron chi connectivity index (χ2n) is 4.02. The topological polar surface area (TPSA) is 57.6 Å². The second kappa shape index (κ2) is 7.53. The van der Waals surface area contributed by atoms with Gasteiger partial charge in [-0.2, -0.15) is 0 Å². The fraction of sp³-hybridized carbons (Fsp3) is 0.500. The molecular formula is C12H16BrNO3S. The number of amides is 1. The number of likely N-dealkylation sites (N-methyl/N-ethyl adjacent to an activating group) is 1. The van der Waals surface area contributed by atoms with Crippen LogP contribution in [-0.2, 0) is 16.0 Å². The molecule has 1 heterocycles. The van der Waals surface area contributed by atoms with Gasteiger partial charge >= 0.3 is 5.97 Å². The predicted octanol–water partition coefficient (Wildman–Crippen LogP) is 2.77. The highest BCUT2D eigenvalue weighted by molar-refractivity contribution is 9.11. The van der Waals surface area contributed by atoms with Gasteiger partial charge in [-0.1, -0.05) is 0 Å². The lowest BCUT2D eigenvalue weighted by Crippen LogP contribution is -2.28. The van der Waals surface area contributed by atoms with E-state index in [2.05, 4.69) is 15.9 Å². The average molecular weight is 334 g/mol. The van der Waals surface area contributed by atoms with Gasteiger partial charge in [-0.3, -0.25) is 9.59 Å². The highest BCUT2D eigenvalue weighted by atomic mass is 79.9. The van der Waals surface area contributed by atoms with Crippen molar-refractivity contribution in [1.82, 2.24) is 4.90 Å². The van der Waals surface area contributed by atoms with Crippen molar-refractivity contribution in [2.75, 3.05) is 13.6 Å². The molecule has 1 aromatic rings. The zero-order valence-electron chi connectivity index (χ0n) is 10.2. The summed E-state index contributed by atoms with van der Waals surface area (Å²) in [6.45, 7) is 0.666. The van der Waals surface area contributed by atoms with Crippen molar-refractivity contribution in [3.8, 4) is 0 Å². The van der Waals surface area contributed by atoms with Gasteiger partial charge in [0.25, 0.3) is 0 Å². The van der Waals surface area contributed by atoms with E-state index in [-0.39, 0.29) is 12.3 Å². The summed E-state index contributed by atoms with van der Waals surface area (Å²) in [6.07, 6.45) is 1.59. The number of hydrogen-bond donors (Lipinski definition) is 1. The van der Waals surface area contributed by atoms with Crippen LogP contribution < -0.4 is 0 Å². The molecule has 0 radical (unpaired) electrons. The summed E-state index contributed by atoms with van der Waals surface area (Å²) in [4.78, 5) is 24.9. The third kappa shape index (κ3) is 5.64. The molecule has 1 rings (SSSR count). The highest BCUT2D eigenvalue weighted by Crippen LogP contribution is 2.22. The molecule has 0 fully saturated rings. The van der Waals surface area contributed by atoms with Crippen LogP contribution in [0.25, 0.3) is 0 Å². The van der Waals surface area contributed by atoms with Crippen molar-refractivity contribution in [2.45, 2.75) is 25.7 Å². The lowest BCUT2D eigenvalue weighted by molar-refractivity contribution is -0.137. The Labute approximate surface area is 119 Å². The zero-order valence-corrected chi connectivity index (χ0v) is 12.6. The van der Waals surface area contributed by atoms with Crippen LogP contribution in [0.3, 0.4) is 0 Å². The van der Waals surface area contributed by atoms with Gasteiger partial charge in [0.15, 0.2) is 0 Å². The minimum atomic E-state index is -0.853. The van der Waals surface area contributed by atoms with Gasteiger partial charge < -0.3 is 10.0 Å². The van der Waals surface area contributed by atoms with Gasteiger partial charge in [0.05, 0.1) is 3.79 Å². The van der Waals surface area contributed by atoms with Crippen LogP contribution in [-0.4, -0.2) is 35.5 Å². The van der Waals surface area contributed by atoms with Gasteiger partial charge in [-0.15, -0.1) is 11.3 Å². The molecule has 0 unspecified atom stereocenters. The number of hydrogen-bond acceptors (Lipinski definition) is 3. The van der Waals surface area contributed by atoms with E-state index in [0.717, 1.165) is 10.2 Å². The monoisotopic (exact) mass is 333 g/mol. The molecule has 1 amide bonds. The molecule has 4 nitrogen and oxygen atoms in total. The van der Waals surface area contributed by atoms with Crippen molar-refractivity contribution < 1.29 is 14.7 Å². The molecule has 0 bridgehead atoms. The van der Waals surface area contributed by atoms with E-state index in [4.69, 9.17) is 5.11 Å². The van der Waals surface area contributed by atoms with Gasteiger partial charge in [-0.05, 0) is 40.9 Å². The minimum Gasteiger partial charge on any atom is -0.481 e. The summed E-state index contributed by atoms with van der Waals surface area (Å²) in [5.41, 5.74) is 0. The average Bonchev–Trinajstić information content (AvgIpc) is 2.71. The molecule has 0 saturated carbocycles. The van der Waals surface area contributed by atoms with E-state index >= 15 is 0 Å². The van der Waals surface area contributed by atoms with Crippen LogP contribution in [0, 0.1) is 0 Å². The summed E-state index contributed by atoms with van der Waals surface area (Å²) >= 11 is 5.06. The standard InChI is InChI=1S/C12H16BrNO3S/c1-14(11(15)3-2-4-12(16)17)8-7-9-5-6-10(13)18-9/h5-6H,2-4,7-8H2,1H3,(H,16,17). The maximum atomic E-state index is 11.7. The lowest BCUT2D eigenvalue weighted by Gasteiger charge is -2.16. The van der Waals surface area contributed by atoms with Gasteiger partial charge in [0.1, 0.15) is 0 Å². The number of carboxylic acids is 1. The Kier molecular flexibility index (Phi) is 6.35. The number of thiophene rings is 1. The van der Waals surface area contributed by atoms with E-state index in [1.807, 2.05) is 12.1 Å². The molecule has 1 N–H and O–H groups in total. The third-order valence-electron chi connectivity index (χ3n) is 2.53. The van der Waals surface area contributed by atoms with Crippen molar-refractivity contribution in [3.63, 3.8) is 0 Å². The predicted molar refractivity (Wildman–Crippen MR) is 74.8 cm³/mol. The Morgan fingerprint density at radius 2 is 2.11 bits per heavy atom. The number of nitrogens with zero attached hydrogens (tertiary/aromatic N) is 1. The van der Waals surface area contributed by atoms with Crippen molar-refractivity contribution in [3.05, 3.63) is 20.8 Å². The molecule has 0 saturated heterocycles. The molecule has 0 aromatic carbocycles. The van der Waals surface area contributed by atoms with Crippen LogP contribution in [0.5, 0.6) is 0 Å². The largest absolute Gasteiger partial charge is 0.481 e. The summed E-state index contributed by atoms with van der Waals surface area (Å²) in [7, 11) is 1.76. The third-order valence-corrected chi connectivity index (χ3v) is 4.21. The van der Waals surface area contributed by atoms with Crippen LogP contribution in [0.2, 0.25) is 0 Å². The Hall–Kier alpha value is -0.880. The normalized spacial score (nSPS) is 10.3. The lowest BCUT2D eigenvalue weighted by atomic mass is 10.2. The van der Waals surface area contributed by atoms with Crippen LogP contribution >= 0.6 is 27.3 Å². The Balaban J connectivity index is 2.25. The van der Waals surface area contributed by atoms with Crippen molar-refractivity contribution in [2.24, 2.45) is 0 Å². The molecule has 100 valence electrons. The number of halogens is 1. The Bertz CT molecular complexity index is 419. The Morgan fingerprint density at radius 3 is 2.67 bits per heavy atom. The van der Waals surface area contributed by atoms with Gasteiger partial charge in [-0.25, -0.2) is 0 Å². The van der Waals surface area contributed by atoms with E-state index in [1.165, 1.54) is 4.88 Å². The van der Waals surface area contributed by atoms with Gasteiger partial charge in [0, 0.05) is 31.3 Å². The molecule has 1 aromatic heterocycles. The van der Waals surface area contributed by atoms with E-state index in [9.17, 15) is 9.59 Å². The first-order valence-electron chi connectivity index (χ1n) is 5.69. The van der Waals surface area contributed by atoms with Crippen LogP contribution in [0.4, 0.5) is 0 Å². The maximum Gasteiger partial charge on any atom is 0.303 e. The minimum absolute atomic E-state index is 0.00636.